The topological polar surface area (TPSA) is 125 Å². The standard InChI is InChI=1S/C16H19N3O5/c1-8(2)11(13(21)22)17-12(20)9-5-4-6-10(7-9)16(3)14(23)18-15(24)19-16/h4-8,11H,1-3H3,(H,17,20)(H,21,22)(H2,18,19,23,24)/t11-,16?/m0/s1. The molecule has 24 heavy (non-hydrogen) atoms. The number of carboxylic acid groups (broad SMARTS) is 1. The van der Waals surface area contributed by atoms with E-state index in [0.29, 0.717) is 5.56 Å². The van der Waals surface area contributed by atoms with Crippen LogP contribution in [0.15, 0.2) is 24.3 Å². The molecule has 4 N–H and O–H groups in total. The summed E-state index contributed by atoms with van der Waals surface area (Å²) in [6, 6.07) is 4.52. The van der Waals surface area contributed by atoms with Gasteiger partial charge in [0.25, 0.3) is 11.8 Å². The van der Waals surface area contributed by atoms with Gasteiger partial charge in [0.05, 0.1) is 0 Å². The van der Waals surface area contributed by atoms with Crippen LogP contribution in [0, 0.1) is 5.92 Å². The van der Waals surface area contributed by atoms with Gasteiger partial charge < -0.3 is 15.7 Å². The molecule has 4 amide bonds. The van der Waals surface area contributed by atoms with Crippen molar-refractivity contribution in [3.8, 4) is 0 Å². The summed E-state index contributed by atoms with van der Waals surface area (Å²) in [4.78, 5) is 46.9. The lowest BCUT2D eigenvalue weighted by molar-refractivity contribution is -0.140. The molecule has 128 valence electrons. The van der Waals surface area contributed by atoms with Crippen LogP contribution >= 0.6 is 0 Å². The van der Waals surface area contributed by atoms with E-state index in [-0.39, 0.29) is 11.5 Å². The molecule has 1 heterocycles. The molecule has 0 aromatic heterocycles. The molecule has 2 rings (SSSR count). The molecule has 0 saturated carbocycles. The van der Waals surface area contributed by atoms with E-state index in [1.54, 1.807) is 26.0 Å². The van der Waals surface area contributed by atoms with E-state index in [9.17, 15) is 19.2 Å². The number of rotatable bonds is 5. The molecule has 1 aliphatic rings. The number of hydrogen-bond acceptors (Lipinski definition) is 4. The maximum Gasteiger partial charge on any atom is 0.326 e. The van der Waals surface area contributed by atoms with Gasteiger partial charge in [-0.3, -0.25) is 14.9 Å². The predicted molar refractivity (Wildman–Crippen MR) is 84.2 cm³/mol. The number of amides is 4. The minimum atomic E-state index is -1.28. The fourth-order valence-electron chi connectivity index (χ4n) is 2.46. The third-order valence-electron chi connectivity index (χ3n) is 3.97. The summed E-state index contributed by atoms with van der Waals surface area (Å²) < 4.78 is 0. The number of nitrogens with one attached hydrogen (secondary N) is 3. The molecule has 0 aliphatic carbocycles. The highest BCUT2D eigenvalue weighted by atomic mass is 16.4. The lowest BCUT2D eigenvalue weighted by atomic mass is 9.91. The highest BCUT2D eigenvalue weighted by Gasteiger charge is 2.43. The van der Waals surface area contributed by atoms with Crippen molar-refractivity contribution in [3.63, 3.8) is 0 Å². The van der Waals surface area contributed by atoms with Gasteiger partial charge in [-0.15, -0.1) is 0 Å². The molecule has 1 aromatic rings. The van der Waals surface area contributed by atoms with E-state index in [2.05, 4.69) is 16.0 Å². The van der Waals surface area contributed by atoms with Crippen molar-refractivity contribution in [2.24, 2.45) is 5.92 Å². The number of aliphatic carboxylic acids is 1. The molecule has 1 fully saturated rings. The first-order valence-electron chi connectivity index (χ1n) is 7.43. The summed E-state index contributed by atoms with van der Waals surface area (Å²) in [6.07, 6.45) is 0. The largest absolute Gasteiger partial charge is 0.480 e. The first-order chi connectivity index (χ1) is 11.1. The zero-order chi connectivity index (χ0) is 18.1. The molecule has 1 aliphatic heterocycles. The van der Waals surface area contributed by atoms with E-state index in [0.717, 1.165) is 0 Å². The highest BCUT2D eigenvalue weighted by Crippen LogP contribution is 2.25. The first-order valence-corrected chi connectivity index (χ1v) is 7.43. The van der Waals surface area contributed by atoms with Crippen molar-refractivity contribution in [1.82, 2.24) is 16.0 Å². The van der Waals surface area contributed by atoms with Crippen LogP contribution in [0.3, 0.4) is 0 Å². The fraction of sp³-hybridized carbons (Fsp3) is 0.375. The van der Waals surface area contributed by atoms with Crippen molar-refractivity contribution in [3.05, 3.63) is 35.4 Å². The zero-order valence-corrected chi connectivity index (χ0v) is 13.5. The minimum absolute atomic E-state index is 0.203. The number of benzene rings is 1. The summed E-state index contributed by atoms with van der Waals surface area (Å²) in [6.45, 7) is 4.91. The molecule has 0 radical (unpaired) electrons. The number of carbonyl (C=O) groups is 4. The van der Waals surface area contributed by atoms with Gasteiger partial charge >= 0.3 is 12.0 Å². The van der Waals surface area contributed by atoms with Crippen molar-refractivity contribution in [1.29, 1.82) is 0 Å². The number of urea groups is 1. The molecular weight excluding hydrogens is 314 g/mol. The Bertz CT molecular complexity index is 715. The average molecular weight is 333 g/mol. The lowest BCUT2D eigenvalue weighted by Gasteiger charge is -2.22. The quantitative estimate of drug-likeness (QED) is 0.587. The fourth-order valence-corrected chi connectivity index (χ4v) is 2.46. The van der Waals surface area contributed by atoms with Crippen molar-refractivity contribution in [2.75, 3.05) is 0 Å². The third kappa shape index (κ3) is 3.22. The third-order valence-corrected chi connectivity index (χ3v) is 3.97. The van der Waals surface area contributed by atoms with Crippen LogP contribution in [0.2, 0.25) is 0 Å². The smallest absolute Gasteiger partial charge is 0.326 e. The molecule has 2 atom stereocenters. The summed E-state index contributed by atoms with van der Waals surface area (Å²) in [7, 11) is 0. The second kappa shape index (κ2) is 6.31. The molecular formula is C16H19N3O5. The number of carbonyl (C=O) groups excluding carboxylic acids is 3. The maximum absolute atomic E-state index is 12.3. The zero-order valence-electron chi connectivity index (χ0n) is 13.5. The van der Waals surface area contributed by atoms with Crippen molar-refractivity contribution >= 4 is 23.8 Å². The molecule has 8 heteroatoms. The van der Waals surface area contributed by atoms with Crippen LogP contribution in [0.1, 0.15) is 36.7 Å². The Balaban J connectivity index is 2.27. The number of hydrogen-bond donors (Lipinski definition) is 4. The van der Waals surface area contributed by atoms with Crippen LogP contribution in [-0.4, -0.2) is 35.0 Å². The van der Waals surface area contributed by atoms with Gasteiger partial charge in [-0.2, -0.15) is 0 Å². The predicted octanol–water partition coefficient (Wildman–Crippen LogP) is 0.580. The summed E-state index contributed by atoms with van der Waals surface area (Å²) in [5.41, 5.74) is -0.651. The molecule has 0 bridgehead atoms. The monoisotopic (exact) mass is 333 g/mol. The van der Waals surface area contributed by atoms with Gasteiger partial charge in [-0.05, 0) is 30.5 Å². The Morgan fingerprint density at radius 2 is 1.92 bits per heavy atom. The van der Waals surface area contributed by atoms with E-state index in [4.69, 9.17) is 5.11 Å². The van der Waals surface area contributed by atoms with Crippen LogP contribution < -0.4 is 16.0 Å². The molecule has 8 nitrogen and oxygen atoms in total. The Morgan fingerprint density at radius 1 is 1.25 bits per heavy atom. The Hall–Kier alpha value is -2.90. The average Bonchev–Trinajstić information content (AvgIpc) is 2.77. The van der Waals surface area contributed by atoms with Crippen LogP contribution in [-0.2, 0) is 15.1 Å². The van der Waals surface area contributed by atoms with Crippen molar-refractivity contribution in [2.45, 2.75) is 32.4 Å². The van der Waals surface area contributed by atoms with Crippen LogP contribution in [0.4, 0.5) is 4.79 Å². The molecule has 1 saturated heterocycles. The highest BCUT2D eigenvalue weighted by molar-refractivity contribution is 6.07. The van der Waals surface area contributed by atoms with Gasteiger partial charge in [0.15, 0.2) is 0 Å². The minimum Gasteiger partial charge on any atom is -0.480 e. The van der Waals surface area contributed by atoms with Gasteiger partial charge in [0.2, 0.25) is 0 Å². The summed E-state index contributed by atoms with van der Waals surface area (Å²) >= 11 is 0. The van der Waals surface area contributed by atoms with Crippen LogP contribution in [0.25, 0.3) is 0 Å². The van der Waals surface area contributed by atoms with E-state index in [1.807, 2.05) is 0 Å². The van der Waals surface area contributed by atoms with E-state index >= 15 is 0 Å². The van der Waals surface area contributed by atoms with Gasteiger partial charge in [-0.1, -0.05) is 26.0 Å². The Labute approximate surface area is 138 Å². The normalized spacial score (nSPS) is 21.2. The molecule has 1 unspecified atom stereocenters. The second-order valence-corrected chi connectivity index (χ2v) is 6.15. The SMILES string of the molecule is CC(C)[C@H](NC(=O)c1cccc(C2(C)NC(=O)NC2=O)c1)C(=O)O. The summed E-state index contributed by atoms with van der Waals surface area (Å²) in [5, 5.41) is 16.3. The Morgan fingerprint density at radius 3 is 2.42 bits per heavy atom. The lowest BCUT2D eigenvalue weighted by Crippen LogP contribution is -2.44. The van der Waals surface area contributed by atoms with Crippen LogP contribution in [0.5, 0.6) is 0 Å². The van der Waals surface area contributed by atoms with E-state index < -0.39 is 35.4 Å². The Kier molecular flexibility index (Phi) is 4.59. The van der Waals surface area contributed by atoms with Crippen molar-refractivity contribution < 1.29 is 24.3 Å². The number of carboxylic acids is 1. The van der Waals surface area contributed by atoms with Gasteiger partial charge in [0, 0.05) is 5.56 Å². The van der Waals surface area contributed by atoms with Gasteiger partial charge in [-0.25, -0.2) is 9.59 Å². The summed E-state index contributed by atoms with van der Waals surface area (Å²) in [5.74, 6) is -2.49. The van der Waals surface area contributed by atoms with E-state index in [1.165, 1.54) is 19.1 Å². The first kappa shape index (κ1) is 17.5. The second-order valence-electron chi connectivity index (χ2n) is 6.15. The maximum atomic E-state index is 12.3. The number of imide groups is 1. The van der Waals surface area contributed by atoms with Gasteiger partial charge in [0.1, 0.15) is 11.6 Å². The molecule has 0 spiro atoms. The molecule has 1 aromatic carbocycles.